The molecule has 8 heteroatoms. The number of alkyl halides is 3. The van der Waals surface area contributed by atoms with Crippen LogP contribution >= 0.6 is 11.6 Å². The van der Waals surface area contributed by atoms with Gasteiger partial charge in [-0.2, -0.15) is 13.2 Å². The van der Waals surface area contributed by atoms with Crippen molar-refractivity contribution in [3.63, 3.8) is 0 Å². The fourth-order valence-electron chi connectivity index (χ4n) is 4.76. The summed E-state index contributed by atoms with van der Waals surface area (Å²) in [6, 6.07) is 12.2. The van der Waals surface area contributed by atoms with E-state index in [9.17, 15) is 18.0 Å². The summed E-state index contributed by atoms with van der Waals surface area (Å²) in [7, 11) is 0. The molecule has 178 valence electrons. The highest BCUT2D eigenvalue weighted by Crippen LogP contribution is 2.38. The molecule has 0 N–H and O–H groups in total. The maximum absolute atomic E-state index is 13.8. The third-order valence-corrected chi connectivity index (χ3v) is 6.88. The molecular weight excluding hydrogens is 455 g/mol. The van der Waals surface area contributed by atoms with E-state index in [-0.39, 0.29) is 11.8 Å². The molecule has 4 rings (SSSR count). The number of carbonyl (C=O) groups excluding carboxylic acids is 1. The van der Waals surface area contributed by atoms with Gasteiger partial charge in [-0.25, -0.2) is 0 Å². The second-order valence-corrected chi connectivity index (χ2v) is 9.23. The first-order chi connectivity index (χ1) is 15.8. The Labute approximate surface area is 196 Å². The van der Waals surface area contributed by atoms with Crippen LogP contribution in [0.15, 0.2) is 48.5 Å². The summed E-state index contributed by atoms with van der Waals surface area (Å²) in [6.45, 7) is 2.67. The average molecular weight is 482 g/mol. The highest BCUT2D eigenvalue weighted by molar-refractivity contribution is 6.30. The lowest BCUT2D eigenvalue weighted by atomic mass is 9.72. The number of benzene rings is 2. The van der Waals surface area contributed by atoms with Gasteiger partial charge in [-0.05, 0) is 67.6 Å². The SMILES string of the molecule is O=C(N1CCCC(COc2ccc(C(F)(F)F)cc2)C1)C1(c2ccc(Cl)cc2)CCOCC1. The third kappa shape index (κ3) is 5.46. The van der Waals surface area contributed by atoms with Gasteiger partial charge < -0.3 is 14.4 Å². The number of ether oxygens (including phenoxy) is 2. The van der Waals surface area contributed by atoms with Gasteiger partial charge in [0.05, 0.1) is 17.6 Å². The highest BCUT2D eigenvalue weighted by atomic mass is 35.5. The third-order valence-electron chi connectivity index (χ3n) is 6.63. The Bertz CT molecular complexity index is 941. The molecule has 2 fully saturated rings. The number of amides is 1. The zero-order chi connectivity index (χ0) is 23.5. The Hall–Kier alpha value is -2.25. The van der Waals surface area contributed by atoms with E-state index in [1.807, 2.05) is 29.2 Å². The zero-order valence-electron chi connectivity index (χ0n) is 18.2. The second-order valence-electron chi connectivity index (χ2n) is 8.79. The first-order valence-electron chi connectivity index (χ1n) is 11.2. The minimum absolute atomic E-state index is 0.104. The fourth-order valence-corrected chi connectivity index (χ4v) is 4.88. The molecule has 0 aromatic heterocycles. The van der Waals surface area contributed by atoms with Crippen LogP contribution in [0.1, 0.15) is 36.8 Å². The Kier molecular flexibility index (Phi) is 7.19. The first kappa shape index (κ1) is 23.9. The van der Waals surface area contributed by atoms with Crippen LogP contribution in [-0.2, 0) is 21.1 Å². The van der Waals surface area contributed by atoms with Crippen LogP contribution in [0.3, 0.4) is 0 Å². The Morgan fingerprint density at radius 2 is 1.76 bits per heavy atom. The zero-order valence-corrected chi connectivity index (χ0v) is 19.0. The predicted molar refractivity (Wildman–Crippen MR) is 119 cm³/mol. The molecular formula is C25H27ClF3NO3. The summed E-state index contributed by atoms with van der Waals surface area (Å²) in [4.78, 5) is 15.7. The predicted octanol–water partition coefficient (Wildman–Crippen LogP) is 5.72. The summed E-state index contributed by atoms with van der Waals surface area (Å²) in [5.74, 6) is 0.618. The lowest BCUT2D eigenvalue weighted by molar-refractivity contribution is -0.143. The van der Waals surface area contributed by atoms with Gasteiger partial charge in [-0.1, -0.05) is 23.7 Å². The summed E-state index contributed by atoms with van der Waals surface area (Å²) in [6.07, 6.45) is -1.36. The Morgan fingerprint density at radius 1 is 1.09 bits per heavy atom. The molecule has 0 spiro atoms. The van der Waals surface area contributed by atoms with Gasteiger partial charge in [0.1, 0.15) is 5.75 Å². The molecule has 2 aliphatic rings. The van der Waals surface area contributed by atoms with Gasteiger partial charge in [0, 0.05) is 37.2 Å². The quantitative estimate of drug-likeness (QED) is 0.548. The van der Waals surface area contributed by atoms with Crippen LogP contribution in [0, 0.1) is 5.92 Å². The highest BCUT2D eigenvalue weighted by Gasteiger charge is 2.45. The average Bonchev–Trinajstić information content (AvgIpc) is 2.83. The van der Waals surface area contributed by atoms with Crippen molar-refractivity contribution in [1.29, 1.82) is 0 Å². The van der Waals surface area contributed by atoms with Crippen LogP contribution in [0.25, 0.3) is 0 Å². The number of carbonyl (C=O) groups is 1. The summed E-state index contributed by atoms with van der Waals surface area (Å²) >= 11 is 6.07. The van der Waals surface area contributed by atoms with E-state index in [0.29, 0.717) is 56.5 Å². The first-order valence-corrected chi connectivity index (χ1v) is 11.6. The summed E-state index contributed by atoms with van der Waals surface area (Å²) < 4.78 is 49.6. The molecule has 2 aromatic rings. The summed E-state index contributed by atoms with van der Waals surface area (Å²) in [5.41, 5.74) is -0.365. The molecule has 2 aromatic carbocycles. The molecule has 0 bridgehead atoms. The van der Waals surface area contributed by atoms with Gasteiger partial charge in [-0.15, -0.1) is 0 Å². The smallest absolute Gasteiger partial charge is 0.416 e. The Morgan fingerprint density at radius 3 is 2.39 bits per heavy atom. The van der Waals surface area contributed by atoms with E-state index in [2.05, 4.69) is 0 Å². The molecule has 1 amide bonds. The van der Waals surface area contributed by atoms with E-state index in [1.165, 1.54) is 12.1 Å². The number of likely N-dealkylation sites (tertiary alicyclic amines) is 1. The molecule has 4 nitrogen and oxygen atoms in total. The fraction of sp³-hybridized carbons (Fsp3) is 0.480. The number of halogens is 4. The number of nitrogens with zero attached hydrogens (tertiary/aromatic N) is 1. The van der Waals surface area contributed by atoms with Crippen molar-refractivity contribution in [2.75, 3.05) is 32.9 Å². The van der Waals surface area contributed by atoms with Crippen molar-refractivity contribution < 1.29 is 27.4 Å². The molecule has 0 saturated carbocycles. The maximum atomic E-state index is 13.8. The number of piperidine rings is 1. The van der Waals surface area contributed by atoms with Crippen LogP contribution in [0.4, 0.5) is 13.2 Å². The molecule has 0 aliphatic carbocycles. The van der Waals surface area contributed by atoms with E-state index in [1.54, 1.807) is 0 Å². The maximum Gasteiger partial charge on any atom is 0.416 e. The van der Waals surface area contributed by atoms with E-state index in [4.69, 9.17) is 21.1 Å². The monoisotopic (exact) mass is 481 g/mol. The second kappa shape index (κ2) is 9.94. The number of rotatable bonds is 5. The van der Waals surface area contributed by atoms with Crippen LogP contribution in [-0.4, -0.2) is 43.7 Å². The van der Waals surface area contributed by atoms with E-state index < -0.39 is 17.2 Å². The van der Waals surface area contributed by atoms with Gasteiger partial charge in [0.15, 0.2) is 0 Å². The van der Waals surface area contributed by atoms with Crippen LogP contribution < -0.4 is 4.74 Å². The normalized spacial score (nSPS) is 21.0. The lowest BCUT2D eigenvalue weighted by Gasteiger charge is -2.42. The topological polar surface area (TPSA) is 38.8 Å². The molecule has 2 aliphatic heterocycles. The number of hydrogen-bond acceptors (Lipinski definition) is 3. The van der Waals surface area contributed by atoms with Crippen LogP contribution in [0.2, 0.25) is 5.02 Å². The minimum atomic E-state index is -4.37. The summed E-state index contributed by atoms with van der Waals surface area (Å²) in [5, 5.41) is 0.631. The minimum Gasteiger partial charge on any atom is -0.493 e. The Balaban J connectivity index is 1.42. The van der Waals surface area contributed by atoms with Crippen LogP contribution in [0.5, 0.6) is 5.75 Å². The largest absolute Gasteiger partial charge is 0.493 e. The molecule has 2 saturated heterocycles. The van der Waals surface area contributed by atoms with E-state index in [0.717, 1.165) is 30.5 Å². The van der Waals surface area contributed by atoms with Crippen molar-refractivity contribution in [3.8, 4) is 5.75 Å². The van der Waals surface area contributed by atoms with Crippen molar-refractivity contribution in [3.05, 3.63) is 64.7 Å². The van der Waals surface area contributed by atoms with Crippen molar-refractivity contribution in [1.82, 2.24) is 4.90 Å². The van der Waals surface area contributed by atoms with Gasteiger partial charge in [0.2, 0.25) is 5.91 Å². The van der Waals surface area contributed by atoms with Crippen molar-refractivity contribution >= 4 is 17.5 Å². The number of hydrogen-bond donors (Lipinski definition) is 0. The molecule has 0 radical (unpaired) electrons. The van der Waals surface area contributed by atoms with Gasteiger partial charge in [0.25, 0.3) is 0 Å². The van der Waals surface area contributed by atoms with Crippen molar-refractivity contribution in [2.45, 2.75) is 37.3 Å². The molecule has 2 heterocycles. The van der Waals surface area contributed by atoms with E-state index >= 15 is 0 Å². The van der Waals surface area contributed by atoms with Gasteiger partial charge in [-0.3, -0.25) is 4.79 Å². The standard InChI is InChI=1S/C25H27ClF3NO3/c26-21-7-3-19(4-8-21)24(11-14-32-15-12-24)23(31)30-13-1-2-18(16-30)17-33-22-9-5-20(6-10-22)25(27,28)29/h3-10,18H,1-2,11-17H2. The molecule has 33 heavy (non-hydrogen) atoms. The molecule has 1 atom stereocenters. The van der Waals surface area contributed by atoms with Gasteiger partial charge >= 0.3 is 6.18 Å². The lowest BCUT2D eigenvalue weighted by Crippen LogP contribution is -2.53. The van der Waals surface area contributed by atoms with Crippen molar-refractivity contribution in [2.24, 2.45) is 5.92 Å². The molecule has 1 unspecified atom stereocenters.